The maximum absolute atomic E-state index is 13.1. The smallest absolute Gasteiger partial charge is 0.227 e. The van der Waals surface area contributed by atoms with Crippen LogP contribution in [0.2, 0.25) is 0 Å². The van der Waals surface area contributed by atoms with Crippen molar-refractivity contribution in [2.75, 3.05) is 26.2 Å². The highest BCUT2D eigenvalue weighted by molar-refractivity contribution is 9.10. The molecule has 2 aliphatic heterocycles. The van der Waals surface area contributed by atoms with Gasteiger partial charge in [-0.2, -0.15) is 0 Å². The summed E-state index contributed by atoms with van der Waals surface area (Å²) in [6.45, 7) is 4.11. The number of likely N-dealkylation sites (tertiary alicyclic amines) is 1. The van der Waals surface area contributed by atoms with Crippen LogP contribution in [0.1, 0.15) is 35.6 Å². The molecule has 2 aromatic rings. The van der Waals surface area contributed by atoms with Gasteiger partial charge in [0.05, 0.1) is 12.5 Å². The zero-order valence-electron chi connectivity index (χ0n) is 15.0. The van der Waals surface area contributed by atoms with Crippen molar-refractivity contribution in [2.24, 2.45) is 0 Å². The van der Waals surface area contributed by atoms with Gasteiger partial charge in [-0.05, 0) is 61.2 Å². The van der Waals surface area contributed by atoms with Gasteiger partial charge in [0.1, 0.15) is 0 Å². The number of amides is 1. The average Bonchev–Trinajstić information content (AvgIpc) is 3.17. The second-order valence-electron chi connectivity index (χ2n) is 7.36. The lowest BCUT2D eigenvalue weighted by Gasteiger charge is -2.39. The van der Waals surface area contributed by atoms with Crippen molar-refractivity contribution < 1.29 is 4.79 Å². The van der Waals surface area contributed by atoms with E-state index in [0.717, 1.165) is 42.6 Å². The van der Waals surface area contributed by atoms with E-state index >= 15 is 0 Å². The first kappa shape index (κ1) is 17.7. The number of halogens is 1. The molecular formula is C22H25BrN2O. The first-order valence-corrected chi connectivity index (χ1v) is 10.3. The summed E-state index contributed by atoms with van der Waals surface area (Å²) >= 11 is 3.46. The van der Waals surface area contributed by atoms with Crippen LogP contribution >= 0.6 is 15.9 Å². The van der Waals surface area contributed by atoms with Gasteiger partial charge in [-0.25, -0.2) is 0 Å². The maximum Gasteiger partial charge on any atom is 0.227 e. The molecule has 1 fully saturated rings. The molecule has 0 radical (unpaired) electrons. The summed E-state index contributed by atoms with van der Waals surface area (Å²) in [7, 11) is 0. The molecule has 1 saturated heterocycles. The van der Waals surface area contributed by atoms with Crippen LogP contribution in [-0.2, 0) is 17.6 Å². The summed E-state index contributed by atoms with van der Waals surface area (Å²) in [5.74, 6) is 0.242. The van der Waals surface area contributed by atoms with Crippen LogP contribution in [0, 0.1) is 0 Å². The largest absolute Gasteiger partial charge is 0.334 e. The van der Waals surface area contributed by atoms with Gasteiger partial charge >= 0.3 is 0 Å². The summed E-state index contributed by atoms with van der Waals surface area (Å²) in [5.41, 5.74) is 3.83. The molecule has 2 heterocycles. The number of benzene rings is 2. The van der Waals surface area contributed by atoms with Crippen LogP contribution in [-0.4, -0.2) is 41.9 Å². The molecule has 3 nitrogen and oxygen atoms in total. The van der Waals surface area contributed by atoms with E-state index in [4.69, 9.17) is 0 Å². The van der Waals surface area contributed by atoms with Crippen molar-refractivity contribution in [3.63, 3.8) is 0 Å². The van der Waals surface area contributed by atoms with E-state index in [1.807, 2.05) is 24.3 Å². The van der Waals surface area contributed by atoms with Gasteiger partial charge in [-0.3, -0.25) is 4.79 Å². The van der Waals surface area contributed by atoms with Gasteiger partial charge in [-0.15, -0.1) is 0 Å². The van der Waals surface area contributed by atoms with E-state index in [2.05, 4.69) is 50.0 Å². The highest BCUT2D eigenvalue weighted by Crippen LogP contribution is 2.32. The number of carbonyl (C=O) groups excluding carboxylic acids is 1. The fourth-order valence-corrected chi connectivity index (χ4v) is 4.50. The zero-order valence-corrected chi connectivity index (χ0v) is 16.6. The lowest BCUT2D eigenvalue weighted by molar-refractivity contribution is -0.133. The molecule has 1 atom stereocenters. The number of nitrogens with zero attached hydrogens (tertiary/aromatic N) is 2. The lowest BCUT2D eigenvalue weighted by atomic mass is 9.91. The summed E-state index contributed by atoms with van der Waals surface area (Å²) in [4.78, 5) is 17.8. The Kier molecular flexibility index (Phi) is 5.41. The van der Waals surface area contributed by atoms with Crippen LogP contribution in [0.3, 0.4) is 0 Å². The van der Waals surface area contributed by atoms with E-state index in [1.54, 1.807) is 0 Å². The van der Waals surface area contributed by atoms with E-state index < -0.39 is 0 Å². The predicted molar refractivity (Wildman–Crippen MR) is 108 cm³/mol. The minimum atomic E-state index is 0.181. The van der Waals surface area contributed by atoms with Crippen molar-refractivity contribution in [1.82, 2.24) is 9.80 Å². The monoisotopic (exact) mass is 412 g/mol. The third-order valence-corrected chi connectivity index (χ3v) is 6.16. The SMILES string of the molecule is O=C(Cc1ccc(Br)cc1)N1CCc2ccccc2C1CN1CCCC1. The minimum absolute atomic E-state index is 0.181. The Morgan fingerprint density at radius 3 is 2.50 bits per heavy atom. The number of hydrogen-bond acceptors (Lipinski definition) is 2. The molecule has 0 aliphatic carbocycles. The average molecular weight is 413 g/mol. The van der Waals surface area contributed by atoms with Gasteiger partial charge < -0.3 is 9.80 Å². The number of hydrogen-bond donors (Lipinski definition) is 0. The van der Waals surface area contributed by atoms with Crippen LogP contribution in [0.4, 0.5) is 0 Å². The van der Waals surface area contributed by atoms with E-state index in [1.165, 1.54) is 24.0 Å². The molecule has 0 N–H and O–H groups in total. The fraction of sp³-hybridized carbons (Fsp3) is 0.409. The van der Waals surface area contributed by atoms with E-state index in [9.17, 15) is 4.79 Å². The Morgan fingerprint density at radius 2 is 1.73 bits per heavy atom. The van der Waals surface area contributed by atoms with Crippen LogP contribution in [0.25, 0.3) is 0 Å². The molecule has 2 aliphatic rings. The molecular weight excluding hydrogens is 388 g/mol. The Bertz CT molecular complexity index is 768. The van der Waals surface area contributed by atoms with Gasteiger partial charge in [0.15, 0.2) is 0 Å². The van der Waals surface area contributed by atoms with Crippen molar-refractivity contribution in [3.8, 4) is 0 Å². The second-order valence-corrected chi connectivity index (χ2v) is 8.28. The second kappa shape index (κ2) is 7.93. The third kappa shape index (κ3) is 3.86. The van der Waals surface area contributed by atoms with Gasteiger partial charge in [-0.1, -0.05) is 52.3 Å². The molecule has 26 heavy (non-hydrogen) atoms. The quantitative estimate of drug-likeness (QED) is 0.750. The number of carbonyl (C=O) groups is 1. The van der Waals surface area contributed by atoms with Crippen molar-refractivity contribution in [2.45, 2.75) is 31.7 Å². The molecule has 136 valence electrons. The number of rotatable bonds is 4. The Labute approximate surface area is 164 Å². The van der Waals surface area contributed by atoms with Crippen molar-refractivity contribution in [3.05, 3.63) is 69.7 Å². The lowest BCUT2D eigenvalue weighted by Crippen LogP contribution is -2.45. The first-order valence-electron chi connectivity index (χ1n) is 9.55. The molecule has 1 unspecified atom stereocenters. The molecule has 2 aromatic carbocycles. The first-order chi connectivity index (χ1) is 12.7. The maximum atomic E-state index is 13.1. The van der Waals surface area contributed by atoms with Gasteiger partial charge in [0.25, 0.3) is 0 Å². The van der Waals surface area contributed by atoms with Crippen LogP contribution in [0.5, 0.6) is 0 Å². The fourth-order valence-electron chi connectivity index (χ4n) is 4.24. The van der Waals surface area contributed by atoms with Gasteiger partial charge in [0, 0.05) is 17.6 Å². The van der Waals surface area contributed by atoms with Crippen LogP contribution in [0.15, 0.2) is 53.0 Å². The summed E-state index contributed by atoms with van der Waals surface area (Å²) in [6.07, 6.45) is 3.99. The molecule has 0 spiro atoms. The summed E-state index contributed by atoms with van der Waals surface area (Å²) < 4.78 is 1.05. The molecule has 0 aromatic heterocycles. The molecule has 0 bridgehead atoms. The highest BCUT2D eigenvalue weighted by atomic mass is 79.9. The molecule has 0 saturated carbocycles. The van der Waals surface area contributed by atoms with Crippen molar-refractivity contribution >= 4 is 21.8 Å². The molecule has 4 rings (SSSR count). The van der Waals surface area contributed by atoms with Gasteiger partial charge in [0.2, 0.25) is 5.91 Å². The van der Waals surface area contributed by atoms with Crippen molar-refractivity contribution in [1.29, 1.82) is 0 Å². The standard InChI is InChI=1S/C22H25BrN2O/c23-19-9-7-17(8-10-19)15-22(26)25-14-11-18-5-1-2-6-20(18)21(25)16-24-12-3-4-13-24/h1-2,5-10,21H,3-4,11-16H2. The summed E-state index contributed by atoms with van der Waals surface area (Å²) in [5, 5.41) is 0. The molecule has 4 heteroatoms. The summed E-state index contributed by atoms with van der Waals surface area (Å²) in [6, 6.07) is 16.9. The zero-order chi connectivity index (χ0) is 17.9. The van der Waals surface area contributed by atoms with E-state index in [0.29, 0.717) is 6.42 Å². The highest BCUT2D eigenvalue weighted by Gasteiger charge is 2.32. The Morgan fingerprint density at radius 1 is 1.00 bits per heavy atom. The Balaban J connectivity index is 1.56. The van der Waals surface area contributed by atoms with Crippen LogP contribution < -0.4 is 0 Å². The predicted octanol–water partition coefficient (Wildman–Crippen LogP) is 4.21. The normalized spacial score (nSPS) is 20.2. The van der Waals surface area contributed by atoms with E-state index in [-0.39, 0.29) is 11.9 Å². The third-order valence-electron chi connectivity index (χ3n) is 5.63. The Hall–Kier alpha value is -1.65. The number of fused-ring (bicyclic) bond motifs is 1. The topological polar surface area (TPSA) is 23.6 Å². The molecule has 1 amide bonds. The minimum Gasteiger partial charge on any atom is -0.334 e.